The van der Waals surface area contributed by atoms with E-state index in [0.29, 0.717) is 34.4 Å². The van der Waals surface area contributed by atoms with E-state index in [1.165, 1.54) is 16.4 Å². The van der Waals surface area contributed by atoms with Crippen LogP contribution in [0.25, 0.3) is 0 Å². The van der Waals surface area contributed by atoms with Gasteiger partial charge >= 0.3 is 0 Å². The van der Waals surface area contributed by atoms with Crippen LogP contribution in [0.1, 0.15) is 24.8 Å². The number of hydrogen-bond acceptors (Lipinski definition) is 3. The Labute approximate surface area is 169 Å². The predicted octanol–water partition coefficient (Wildman–Crippen LogP) is 4.35. The highest BCUT2D eigenvalue weighted by molar-refractivity contribution is 7.89. The van der Waals surface area contributed by atoms with Crippen LogP contribution in [0.2, 0.25) is 10.0 Å². The molecule has 0 atom stereocenters. The van der Waals surface area contributed by atoms with Crippen molar-refractivity contribution in [1.29, 1.82) is 0 Å². The fourth-order valence-corrected chi connectivity index (χ4v) is 5.00. The molecule has 0 aliphatic carbocycles. The van der Waals surface area contributed by atoms with Crippen LogP contribution in [0.4, 0.5) is 5.69 Å². The highest BCUT2D eigenvalue weighted by Crippen LogP contribution is 2.23. The molecule has 5 nitrogen and oxygen atoms in total. The van der Waals surface area contributed by atoms with Crippen LogP contribution in [0.15, 0.2) is 47.4 Å². The summed E-state index contributed by atoms with van der Waals surface area (Å²) in [4.78, 5) is 12.5. The summed E-state index contributed by atoms with van der Waals surface area (Å²) in [6, 6.07) is 11.2. The summed E-state index contributed by atoms with van der Waals surface area (Å²) in [7, 11) is -3.47. The minimum absolute atomic E-state index is 0.101. The number of sulfonamides is 1. The second-order valence-electron chi connectivity index (χ2n) is 6.45. The number of hydrogen-bond donors (Lipinski definition) is 1. The lowest BCUT2D eigenvalue weighted by atomic mass is 10.1. The Bertz CT molecular complexity index is 924. The maximum atomic E-state index is 12.6. The van der Waals surface area contributed by atoms with Gasteiger partial charge in [0, 0.05) is 28.8 Å². The van der Waals surface area contributed by atoms with Gasteiger partial charge in [0.05, 0.1) is 11.3 Å². The molecule has 27 heavy (non-hydrogen) atoms. The first-order chi connectivity index (χ1) is 12.9. The molecule has 0 aromatic heterocycles. The monoisotopic (exact) mass is 426 g/mol. The summed E-state index contributed by atoms with van der Waals surface area (Å²) in [5, 5.41) is 3.69. The molecule has 1 aliphatic rings. The second kappa shape index (κ2) is 8.61. The molecule has 1 N–H and O–H groups in total. The third-order valence-electron chi connectivity index (χ3n) is 4.46. The van der Waals surface area contributed by atoms with Gasteiger partial charge in [-0.15, -0.1) is 0 Å². The quantitative estimate of drug-likeness (QED) is 0.772. The molecule has 0 spiro atoms. The van der Waals surface area contributed by atoms with Crippen molar-refractivity contribution in [2.24, 2.45) is 0 Å². The fourth-order valence-electron chi connectivity index (χ4n) is 3.01. The smallest absolute Gasteiger partial charge is 0.243 e. The molecule has 3 rings (SSSR count). The average Bonchev–Trinajstić information content (AvgIpc) is 2.65. The fraction of sp³-hybridized carbons (Fsp3) is 0.316. The van der Waals surface area contributed by atoms with E-state index in [2.05, 4.69) is 5.32 Å². The second-order valence-corrected chi connectivity index (χ2v) is 9.23. The van der Waals surface area contributed by atoms with Gasteiger partial charge in [0.1, 0.15) is 0 Å². The zero-order chi connectivity index (χ0) is 19.4. The predicted molar refractivity (Wildman–Crippen MR) is 108 cm³/mol. The maximum absolute atomic E-state index is 12.6. The number of carbonyl (C=O) groups is 1. The first-order valence-corrected chi connectivity index (χ1v) is 10.9. The summed E-state index contributed by atoms with van der Waals surface area (Å²) in [6.07, 6.45) is 2.94. The Kier molecular flexibility index (Phi) is 6.42. The molecule has 0 saturated carbocycles. The number of anilines is 1. The van der Waals surface area contributed by atoms with Crippen LogP contribution in [0.3, 0.4) is 0 Å². The number of benzene rings is 2. The van der Waals surface area contributed by atoms with E-state index in [-0.39, 0.29) is 17.2 Å². The molecular formula is C19H20Cl2N2O3S. The lowest BCUT2D eigenvalue weighted by molar-refractivity contribution is -0.115. The lowest BCUT2D eigenvalue weighted by Crippen LogP contribution is -2.35. The molecule has 2 aromatic rings. The van der Waals surface area contributed by atoms with Gasteiger partial charge in [0.15, 0.2) is 0 Å². The van der Waals surface area contributed by atoms with Crippen molar-refractivity contribution < 1.29 is 13.2 Å². The van der Waals surface area contributed by atoms with Gasteiger partial charge in [-0.25, -0.2) is 8.42 Å². The minimum Gasteiger partial charge on any atom is -0.326 e. The van der Waals surface area contributed by atoms with Crippen molar-refractivity contribution in [3.8, 4) is 0 Å². The summed E-state index contributed by atoms with van der Waals surface area (Å²) in [6.45, 7) is 1.12. The Hall–Kier alpha value is -1.60. The molecule has 1 saturated heterocycles. The summed E-state index contributed by atoms with van der Waals surface area (Å²) >= 11 is 11.9. The number of nitrogens with one attached hydrogen (secondary N) is 1. The van der Waals surface area contributed by atoms with Gasteiger partial charge in [-0.3, -0.25) is 4.79 Å². The first kappa shape index (κ1) is 20.1. The van der Waals surface area contributed by atoms with Gasteiger partial charge in [0.25, 0.3) is 0 Å². The highest BCUT2D eigenvalue weighted by Gasteiger charge is 2.25. The molecule has 0 unspecified atom stereocenters. The summed E-state index contributed by atoms with van der Waals surface area (Å²) in [5.41, 5.74) is 1.20. The van der Waals surface area contributed by atoms with E-state index >= 15 is 0 Å². The largest absolute Gasteiger partial charge is 0.326 e. The molecule has 2 aromatic carbocycles. The molecule has 1 amide bonds. The topological polar surface area (TPSA) is 66.5 Å². The molecule has 1 aliphatic heterocycles. The normalized spacial score (nSPS) is 15.5. The van der Waals surface area contributed by atoms with Crippen LogP contribution in [0, 0.1) is 0 Å². The van der Waals surface area contributed by atoms with Crippen molar-refractivity contribution in [2.45, 2.75) is 30.6 Å². The van der Waals surface area contributed by atoms with E-state index in [4.69, 9.17) is 23.2 Å². The third kappa shape index (κ3) is 5.02. The molecule has 0 radical (unpaired) electrons. The van der Waals surface area contributed by atoms with Gasteiger partial charge in [0.2, 0.25) is 15.9 Å². The Balaban J connectivity index is 1.65. The van der Waals surface area contributed by atoms with Crippen molar-refractivity contribution in [3.05, 3.63) is 58.1 Å². The number of rotatable bonds is 5. The van der Waals surface area contributed by atoms with E-state index < -0.39 is 10.0 Å². The number of carbonyl (C=O) groups excluding carboxylic acids is 1. The molecule has 8 heteroatoms. The van der Waals surface area contributed by atoms with Gasteiger partial charge in [-0.1, -0.05) is 35.7 Å². The maximum Gasteiger partial charge on any atom is 0.243 e. The Morgan fingerprint density at radius 3 is 2.30 bits per heavy atom. The third-order valence-corrected chi connectivity index (χ3v) is 6.96. The SMILES string of the molecule is O=C(Cc1ccc(Cl)cc1Cl)Nc1ccc(S(=O)(=O)N2CCCCC2)cc1. The van der Waals surface area contributed by atoms with Crippen molar-refractivity contribution in [1.82, 2.24) is 4.31 Å². The van der Waals surface area contributed by atoms with E-state index in [0.717, 1.165) is 19.3 Å². The number of piperidine rings is 1. The summed E-state index contributed by atoms with van der Waals surface area (Å²) in [5.74, 6) is -0.245. The molecule has 144 valence electrons. The van der Waals surface area contributed by atoms with Crippen molar-refractivity contribution in [2.75, 3.05) is 18.4 Å². The lowest BCUT2D eigenvalue weighted by Gasteiger charge is -2.25. The van der Waals surface area contributed by atoms with Crippen LogP contribution < -0.4 is 5.32 Å². The Morgan fingerprint density at radius 1 is 1.00 bits per heavy atom. The van der Waals surface area contributed by atoms with Gasteiger partial charge in [-0.2, -0.15) is 4.31 Å². The number of nitrogens with zero attached hydrogens (tertiary/aromatic N) is 1. The average molecular weight is 427 g/mol. The van der Waals surface area contributed by atoms with E-state index in [1.54, 1.807) is 30.3 Å². The van der Waals surface area contributed by atoms with Gasteiger partial charge in [-0.05, 0) is 54.8 Å². The number of halogens is 2. The molecule has 0 bridgehead atoms. The standard InChI is InChI=1S/C19H20Cl2N2O3S/c20-15-5-4-14(18(21)13-15)12-19(24)22-16-6-8-17(9-7-16)27(25,26)23-10-2-1-3-11-23/h4-9,13H,1-3,10-12H2,(H,22,24). The van der Waals surface area contributed by atoms with Crippen LogP contribution >= 0.6 is 23.2 Å². The molecular weight excluding hydrogens is 407 g/mol. The van der Waals surface area contributed by atoms with Crippen LogP contribution in [-0.2, 0) is 21.2 Å². The van der Waals surface area contributed by atoms with Crippen molar-refractivity contribution in [3.63, 3.8) is 0 Å². The zero-order valence-corrected chi connectivity index (χ0v) is 16.9. The summed E-state index contributed by atoms with van der Waals surface area (Å²) < 4.78 is 26.8. The molecule has 1 fully saturated rings. The molecule has 1 heterocycles. The van der Waals surface area contributed by atoms with Crippen molar-refractivity contribution >= 4 is 44.8 Å². The Morgan fingerprint density at radius 2 is 1.67 bits per heavy atom. The first-order valence-electron chi connectivity index (χ1n) is 8.70. The zero-order valence-electron chi connectivity index (χ0n) is 14.6. The van der Waals surface area contributed by atoms with E-state index in [9.17, 15) is 13.2 Å². The van der Waals surface area contributed by atoms with Crippen LogP contribution in [-0.4, -0.2) is 31.7 Å². The minimum atomic E-state index is -3.47. The van der Waals surface area contributed by atoms with Crippen LogP contribution in [0.5, 0.6) is 0 Å². The highest BCUT2D eigenvalue weighted by atomic mass is 35.5. The van der Waals surface area contributed by atoms with Gasteiger partial charge < -0.3 is 5.32 Å². The van der Waals surface area contributed by atoms with E-state index in [1.807, 2.05) is 0 Å². The number of amides is 1.